The Balaban J connectivity index is 4.10. The van der Waals surface area contributed by atoms with Gasteiger partial charge in [0.1, 0.15) is 13.2 Å². The molecule has 0 saturated carbocycles. The van der Waals surface area contributed by atoms with E-state index in [0.717, 1.165) is 44.9 Å². The summed E-state index contributed by atoms with van der Waals surface area (Å²) in [4.78, 5) is 25.5. The van der Waals surface area contributed by atoms with Gasteiger partial charge in [0, 0.05) is 6.42 Å². The first-order chi connectivity index (χ1) is 33.0. The van der Waals surface area contributed by atoms with Crippen LogP contribution in [-0.2, 0) is 18.4 Å². The van der Waals surface area contributed by atoms with E-state index in [9.17, 15) is 19.4 Å². The highest BCUT2D eigenvalue weighted by Crippen LogP contribution is 2.38. The molecule has 2 N–H and O–H groups in total. The summed E-state index contributed by atoms with van der Waals surface area (Å²) in [6, 6.07) is -0.907. The van der Waals surface area contributed by atoms with Gasteiger partial charge in [-0.05, 0) is 44.9 Å². The number of hydrogen-bond donors (Lipinski definition) is 2. The molecule has 0 aromatic carbocycles. The van der Waals surface area contributed by atoms with Crippen molar-refractivity contribution in [3.8, 4) is 0 Å². The number of quaternary nitrogens is 1. The fourth-order valence-electron chi connectivity index (χ4n) is 8.72. The average molecular weight is 980 g/mol. The largest absolute Gasteiger partial charge is 0.756 e. The van der Waals surface area contributed by atoms with Gasteiger partial charge in [0.25, 0.3) is 7.82 Å². The molecular formula is C59H115N2O6P. The van der Waals surface area contributed by atoms with Crippen LogP contribution in [0.4, 0.5) is 0 Å². The van der Waals surface area contributed by atoms with Gasteiger partial charge in [-0.2, -0.15) is 0 Å². The van der Waals surface area contributed by atoms with Crippen LogP contribution in [0, 0.1) is 0 Å². The van der Waals surface area contributed by atoms with E-state index in [1.54, 1.807) is 6.08 Å². The molecular weight excluding hydrogens is 864 g/mol. The van der Waals surface area contributed by atoms with E-state index in [-0.39, 0.29) is 12.5 Å². The second kappa shape index (κ2) is 50.7. The van der Waals surface area contributed by atoms with Crippen LogP contribution in [0.15, 0.2) is 36.5 Å². The molecule has 1 amide bonds. The normalized spacial score (nSPS) is 14.2. The summed E-state index contributed by atoms with van der Waals surface area (Å²) in [5.41, 5.74) is 0. The molecule has 0 bridgehead atoms. The van der Waals surface area contributed by atoms with Crippen molar-refractivity contribution < 1.29 is 32.9 Å². The molecule has 3 atom stereocenters. The monoisotopic (exact) mass is 979 g/mol. The Kier molecular flexibility index (Phi) is 49.7. The highest BCUT2D eigenvalue weighted by Gasteiger charge is 2.23. The topological polar surface area (TPSA) is 108 Å². The fourth-order valence-corrected chi connectivity index (χ4v) is 9.44. The van der Waals surface area contributed by atoms with E-state index in [4.69, 9.17) is 9.05 Å². The molecule has 0 aliphatic heterocycles. The second-order valence-electron chi connectivity index (χ2n) is 21.3. The van der Waals surface area contributed by atoms with E-state index < -0.39 is 26.6 Å². The Labute approximate surface area is 423 Å². The van der Waals surface area contributed by atoms with Crippen molar-refractivity contribution in [3.63, 3.8) is 0 Å². The van der Waals surface area contributed by atoms with Gasteiger partial charge in [0.2, 0.25) is 5.91 Å². The van der Waals surface area contributed by atoms with Crippen molar-refractivity contribution in [3.05, 3.63) is 36.5 Å². The van der Waals surface area contributed by atoms with Crippen molar-refractivity contribution in [2.45, 2.75) is 296 Å². The quantitative estimate of drug-likeness (QED) is 0.0272. The number of allylic oxidation sites excluding steroid dienone is 5. The lowest BCUT2D eigenvalue weighted by molar-refractivity contribution is -0.870. The van der Waals surface area contributed by atoms with Crippen LogP contribution in [0.1, 0.15) is 284 Å². The van der Waals surface area contributed by atoms with Gasteiger partial charge in [0.15, 0.2) is 0 Å². The van der Waals surface area contributed by atoms with Crippen molar-refractivity contribution in [2.24, 2.45) is 0 Å². The number of rotatable bonds is 54. The van der Waals surface area contributed by atoms with Gasteiger partial charge < -0.3 is 28.8 Å². The van der Waals surface area contributed by atoms with E-state index >= 15 is 0 Å². The third-order valence-corrected chi connectivity index (χ3v) is 14.3. The number of nitrogens with one attached hydrogen (secondary N) is 1. The molecule has 402 valence electrons. The zero-order chi connectivity index (χ0) is 49.9. The summed E-state index contributed by atoms with van der Waals surface area (Å²) in [6.45, 7) is 4.64. The van der Waals surface area contributed by atoms with Gasteiger partial charge in [-0.3, -0.25) is 9.36 Å². The molecule has 0 aliphatic rings. The minimum absolute atomic E-state index is 0.00750. The first kappa shape index (κ1) is 66.7. The third-order valence-electron chi connectivity index (χ3n) is 13.3. The lowest BCUT2D eigenvalue weighted by Gasteiger charge is -2.29. The molecule has 0 rings (SSSR count). The Morgan fingerprint density at radius 3 is 1.19 bits per heavy atom. The Morgan fingerprint density at radius 1 is 0.500 bits per heavy atom. The predicted molar refractivity (Wildman–Crippen MR) is 293 cm³/mol. The number of carbonyl (C=O) groups is 1. The minimum atomic E-state index is -4.60. The summed E-state index contributed by atoms with van der Waals surface area (Å²) in [5.74, 6) is -0.207. The number of amides is 1. The van der Waals surface area contributed by atoms with Crippen LogP contribution in [0.5, 0.6) is 0 Å². The van der Waals surface area contributed by atoms with Crippen molar-refractivity contribution in [1.82, 2.24) is 5.32 Å². The number of hydrogen-bond acceptors (Lipinski definition) is 6. The van der Waals surface area contributed by atoms with Crippen molar-refractivity contribution in [2.75, 3.05) is 40.9 Å². The van der Waals surface area contributed by atoms with Crippen LogP contribution in [0.25, 0.3) is 0 Å². The van der Waals surface area contributed by atoms with Gasteiger partial charge in [0.05, 0.1) is 39.9 Å². The summed E-state index contributed by atoms with van der Waals surface area (Å²) in [6.07, 6.45) is 65.3. The molecule has 0 fully saturated rings. The van der Waals surface area contributed by atoms with E-state index in [2.05, 4.69) is 43.5 Å². The summed E-state index contributed by atoms with van der Waals surface area (Å²) < 4.78 is 23.3. The second-order valence-corrected chi connectivity index (χ2v) is 22.8. The average Bonchev–Trinajstić information content (AvgIpc) is 3.30. The maximum atomic E-state index is 12.9. The van der Waals surface area contributed by atoms with Crippen LogP contribution < -0.4 is 10.2 Å². The SMILES string of the molecule is CCCCCCCC/C=C/CC/C=C/CC/C=C/C(O)C(COP(=O)([O-])OCC[N+](C)(C)C)NC(=O)CCCCCCCCCCCCCCCCCCCCCCCCCCCCCCCC. The number of carbonyl (C=O) groups excluding carboxylic acids is 1. The highest BCUT2D eigenvalue weighted by atomic mass is 31.2. The summed E-state index contributed by atoms with van der Waals surface area (Å²) in [5, 5.41) is 13.8. The number of phosphoric acid groups is 1. The number of aliphatic hydroxyl groups is 1. The number of aliphatic hydroxyl groups excluding tert-OH is 1. The van der Waals surface area contributed by atoms with Gasteiger partial charge in [-0.1, -0.05) is 269 Å². The summed E-state index contributed by atoms with van der Waals surface area (Å²) >= 11 is 0. The fraction of sp³-hybridized carbons (Fsp3) is 0.881. The molecule has 3 unspecified atom stereocenters. The van der Waals surface area contributed by atoms with E-state index in [1.165, 1.54) is 218 Å². The smallest absolute Gasteiger partial charge is 0.268 e. The van der Waals surface area contributed by atoms with Gasteiger partial charge in [-0.15, -0.1) is 0 Å². The van der Waals surface area contributed by atoms with Crippen LogP contribution >= 0.6 is 7.82 Å². The highest BCUT2D eigenvalue weighted by molar-refractivity contribution is 7.45. The maximum Gasteiger partial charge on any atom is 0.268 e. The lowest BCUT2D eigenvalue weighted by atomic mass is 10.0. The molecule has 0 radical (unpaired) electrons. The Bertz CT molecular complexity index is 1200. The number of phosphoric ester groups is 1. The maximum absolute atomic E-state index is 12.9. The van der Waals surface area contributed by atoms with E-state index in [0.29, 0.717) is 17.4 Å². The Hall–Kier alpha value is -1.28. The van der Waals surface area contributed by atoms with Gasteiger partial charge >= 0.3 is 0 Å². The molecule has 0 aromatic rings. The first-order valence-electron chi connectivity index (χ1n) is 29.4. The number of likely N-dealkylation sites (N-methyl/N-ethyl adjacent to an activating group) is 1. The predicted octanol–water partition coefficient (Wildman–Crippen LogP) is 17.1. The minimum Gasteiger partial charge on any atom is -0.756 e. The molecule has 0 aromatic heterocycles. The van der Waals surface area contributed by atoms with Crippen LogP contribution in [0.3, 0.4) is 0 Å². The number of unbranched alkanes of at least 4 members (excludes halogenated alkanes) is 37. The molecule has 9 heteroatoms. The Morgan fingerprint density at radius 2 is 0.824 bits per heavy atom. The van der Waals surface area contributed by atoms with E-state index in [1.807, 2.05) is 27.2 Å². The standard InChI is InChI=1S/C59H115N2O6P/c1-6-8-10-12-14-16-18-20-22-24-25-26-27-28-29-30-31-32-33-34-35-36-37-39-41-43-45-47-49-51-53-59(63)60-57(56-67-68(64,65)66-55-54-61(3,4)5)58(62)52-50-48-46-44-42-40-38-23-21-19-17-15-13-11-9-7-2/h21,23,42,44,50,52,57-58,62H,6-20,22,24-41,43,45-49,51,53-56H2,1-5H3,(H-,60,63,64,65)/b23-21+,44-42+,52-50+. The zero-order valence-corrected chi connectivity index (χ0v) is 46.7. The molecule has 0 heterocycles. The van der Waals surface area contributed by atoms with Crippen molar-refractivity contribution >= 4 is 13.7 Å². The first-order valence-corrected chi connectivity index (χ1v) is 30.8. The molecule has 0 aliphatic carbocycles. The van der Waals surface area contributed by atoms with Crippen molar-refractivity contribution in [1.29, 1.82) is 0 Å². The molecule has 0 spiro atoms. The van der Waals surface area contributed by atoms with Crippen LogP contribution in [0.2, 0.25) is 0 Å². The van der Waals surface area contributed by atoms with Gasteiger partial charge in [-0.25, -0.2) is 0 Å². The van der Waals surface area contributed by atoms with Crippen LogP contribution in [-0.4, -0.2) is 68.5 Å². The third kappa shape index (κ3) is 52.5. The zero-order valence-electron chi connectivity index (χ0n) is 45.8. The molecule has 0 saturated heterocycles. The lowest BCUT2D eigenvalue weighted by Crippen LogP contribution is -2.45. The summed E-state index contributed by atoms with van der Waals surface area (Å²) in [7, 11) is 1.24. The molecule has 8 nitrogen and oxygen atoms in total. The number of nitrogens with zero attached hydrogens (tertiary/aromatic N) is 1. The molecule has 68 heavy (non-hydrogen) atoms.